The first-order valence-corrected chi connectivity index (χ1v) is 12.4. The van der Waals surface area contributed by atoms with Crippen LogP contribution in [0, 0.1) is 35.8 Å². The van der Waals surface area contributed by atoms with Crippen molar-refractivity contribution < 1.29 is 49.0 Å². The predicted octanol–water partition coefficient (Wildman–Crippen LogP) is 0.533. The van der Waals surface area contributed by atoms with Crippen LogP contribution in [0.2, 0.25) is 0 Å². The molecule has 0 nitrogen and oxygen atoms in total. The zero-order chi connectivity index (χ0) is 19.6. The van der Waals surface area contributed by atoms with Gasteiger partial charge >= 0.3 is 83.2 Å². The molecule has 3 heteroatoms. The average Bonchev–Trinajstić information content (AvgIpc) is 3.43. The van der Waals surface area contributed by atoms with Crippen LogP contribution in [0.1, 0.15) is 49.7 Å². The van der Waals surface area contributed by atoms with Gasteiger partial charge in [0.1, 0.15) is 0 Å². The standard InChI is InChI=1S/C13H9.C10H14.C5H5.2ClH.Zr/c1-3-7-12-10(5-1)9-11-6-2-4-8-13(11)12;1-7-2-9-4-8(1)5-10(3-7)6-9;1-2-4-5-3-1;;;/h1-5,7-8H,9H2;7-10H,1-5H2;1-3H,4H2;2*1H;/q-1;;-1;;;+2/p-2. The zero-order valence-corrected chi connectivity index (χ0v) is 21.8. The maximum absolute atomic E-state index is 3.30. The normalized spacial score (nSPS) is 27.1. The molecule has 2 aromatic carbocycles. The molecule has 0 heterocycles. The van der Waals surface area contributed by atoms with Gasteiger partial charge in [-0.3, -0.25) is 6.08 Å². The minimum absolute atomic E-state index is 0. The zero-order valence-electron chi connectivity index (χ0n) is 17.8. The summed E-state index contributed by atoms with van der Waals surface area (Å²) in [4.78, 5) is 0. The van der Waals surface area contributed by atoms with Crippen molar-refractivity contribution >= 4 is 3.21 Å². The first-order chi connectivity index (χ1) is 14.3. The second-order valence-electron chi connectivity index (χ2n) is 9.16. The number of hydrogen-bond donors (Lipinski definition) is 0. The molecular formula is C28H28Cl2Zr-2. The second kappa shape index (κ2) is 11.4. The van der Waals surface area contributed by atoms with E-state index in [1.807, 2.05) is 21.4 Å². The molecule has 0 radical (unpaired) electrons. The predicted molar refractivity (Wildman–Crippen MR) is 117 cm³/mol. The summed E-state index contributed by atoms with van der Waals surface area (Å²) in [7, 11) is 0. The van der Waals surface area contributed by atoms with Gasteiger partial charge in [0.25, 0.3) is 0 Å². The van der Waals surface area contributed by atoms with Crippen LogP contribution in [-0.2, 0) is 30.7 Å². The fraction of sp³-hybridized carbons (Fsp3) is 0.393. The molecule has 0 amide bonds. The van der Waals surface area contributed by atoms with Crippen LogP contribution in [0.25, 0.3) is 11.1 Å². The molecule has 160 valence electrons. The van der Waals surface area contributed by atoms with Gasteiger partial charge in [-0.05, 0) is 6.42 Å². The molecule has 6 aliphatic rings. The van der Waals surface area contributed by atoms with Crippen molar-refractivity contribution in [1.82, 2.24) is 0 Å². The summed E-state index contributed by atoms with van der Waals surface area (Å²) in [6.07, 6.45) is 18.9. The Labute approximate surface area is 214 Å². The first-order valence-electron chi connectivity index (χ1n) is 11.2. The summed E-state index contributed by atoms with van der Waals surface area (Å²) in [5.74, 6) is 4.51. The van der Waals surface area contributed by atoms with E-state index in [0.717, 1.165) is 36.5 Å². The maximum atomic E-state index is 3.30. The van der Waals surface area contributed by atoms with Gasteiger partial charge in [0.2, 0.25) is 0 Å². The van der Waals surface area contributed by atoms with Gasteiger partial charge in [0.15, 0.2) is 0 Å². The largest absolute Gasteiger partial charge is 0.179 e. The molecule has 0 spiro atoms. The third-order valence-corrected chi connectivity index (χ3v) is 9.23. The molecular weight excluding hydrogens is 498 g/mol. The number of fused-ring (bicyclic) bond motifs is 3. The molecule has 4 fully saturated rings. The SMILES string of the molecule is [C-]1=CC=CC1.[Cl-].[Cl-].[Zr+2]=[C]1C2CC3CC(C2)CC1C3.[c-]1cccc2c1Cc1ccccc1-2. The second-order valence-corrected chi connectivity index (χ2v) is 10.6. The Morgan fingerprint density at radius 3 is 2.10 bits per heavy atom. The van der Waals surface area contributed by atoms with Gasteiger partial charge in [0, 0.05) is 0 Å². The quantitative estimate of drug-likeness (QED) is 0.375. The molecule has 0 aromatic heterocycles. The molecule has 0 unspecified atom stereocenters. The topological polar surface area (TPSA) is 0 Å². The Hall–Kier alpha value is -0.747. The molecule has 0 N–H and O–H groups in total. The van der Waals surface area contributed by atoms with E-state index >= 15 is 0 Å². The monoisotopic (exact) mass is 524 g/mol. The summed E-state index contributed by atoms with van der Waals surface area (Å²) in [5, 5.41) is 0. The summed E-state index contributed by atoms with van der Waals surface area (Å²) in [6.45, 7) is 0. The van der Waals surface area contributed by atoms with E-state index in [2.05, 4.69) is 54.6 Å². The molecule has 4 saturated carbocycles. The van der Waals surface area contributed by atoms with Crippen molar-refractivity contribution in [2.75, 3.05) is 0 Å². The van der Waals surface area contributed by atoms with Crippen LogP contribution in [-0.4, -0.2) is 3.21 Å². The molecule has 4 bridgehead atoms. The summed E-state index contributed by atoms with van der Waals surface area (Å²) < 4.78 is 1.96. The third-order valence-electron chi connectivity index (χ3n) is 7.22. The Bertz CT molecular complexity index is 875. The van der Waals surface area contributed by atoms with Gasteiger partial charge < -0.3 is 24.8 Å². The molecule has 2 aromatic rings. The van der Waals surface area contributed by atoms with E-state index < -0.39 is 0 Å². The van der Waals surface area contributed by atoms with E-state index in [4.69, 9.17) is 0 Å². The summed E-state index contributed by atoms with van der Waals surface area (Å²) >= 11 is 1.76. The molecule has 8 rings (SSSR count). The van der Waals surface area contributed by atoms with Crippen LogP contribution < -0.4 is 24.8 Å². The number of allylic oxidation sites excluding steroid dienone is 4. The van der Waals surface area contributed by atoms with Gasteiger partial charge in [-0.1, -0.05) is 35.4 Å². The van der Waals surface area contributed by atoms with Gasteiger partial charge in [-0.2, -0.15) is 35.9 Å². The Morgan fingerprint density at radius 1 is 0.806 bits per heavy atom. The Kier molecular flexibility index (Phi) is 9.15. The molecule has 0 aliphatic heterocycles. The van der Waals surface area contributed by atoms with Crippen LogP contribution in [0.15, 0.2) is 60.7 Å². The van der Waals surface area contributed by atoms with Gasteiger partial charge in [-0.25, -0.2) is 12.2 Å². The van der Waals surface area contributed by atoms with Gasteiger partial charge in [0.05, 0.1) is 0 Å². The van der Waals surface area contributed by atoms with E-state index in [1.165, 1.54) is 22.3 Å². The number of benzene rings is 2. The van der Waals surface area contributed by atoms with Crippen molar-refractivity contribution in [2.24, 2.45) is 23.7 Å². The minimum atomic E-state index is 0. The van der Waals surface area contributed by atoms with Crippen LogP contribution >= 0.6 is 0 Å². The number of halogens is 2. The van der Waals surface area contributed by atoms with E-state index in [9.17, 15) is 0 Å². The number of rotatable bonds is 0. The maximum Gasteiger partial charge on any atom is -0.0253 e. The summed E-state index contributed by atoms with van der Waals surface area (Å²) in [6, 6.07) is 18.1. The van der Waals surface area contributed by atoms with Crippen LogP contribution in [0.5, 0.6) is 0 Å². The fourth-order valence-corrected chi connectivity index (χ4v) is 7.19. The van der Waals surface area contributed by atoms with Crippen molar-refractivity contribution in [3.05, 3.63) is 84.0 Å². The molecule has 6 aliphatic carbocycles. The Balaban J connectivity index is 0.000000138. The van der Waals surface area contributed by atoms with Crippen LogP contribution in [0.3, 0.4) is 0 Å². The summed E-state index contributed by atoms with van der Waals surface area (Å²) in [5.41, 5.74) is 5.51. The molecule has 31 heavy (non-hydrogen) atoms. The smallest absolute Gasteiger partial charge is 0.0253 e. The van der Waals surface area contributed by atoms with Crippen LogP contribution in [0.4, 0.5) is 0 Å². The number of hydrogen-bond acceptors (Lipinski definition) is 0. The van der Waals surface area contributed by atoms with E-state index in [0.29, 0.717) is 0 Å². The van der Waals surface area contributed by atoms with Crippen molar-refractivity contribution in [1.29, 1.82) is 0 Å². The molecule has 0 saturated heterocycles. The van der Waals surface area contributed by atoms with Crippen molar-refractivity contribution in [3.63, 3.8) is 0 Å². The van der Waals surface area contributed by atoms with E-state index in [1.54, 1.807) is 56.3 Å². The van der Waals surface area contributed by atoms with E-state index in [-0.39, 0.29) is 24.8 Å². The van der Waals surface area contributed by atoms with Gasteiger partial charge in [-0.15, -0.1) is 12.0 Å². The minimum Gasteiger partial charge on any atom is -0.179 e. The fourth-order valence-electron chi connectivity index (χ4n) is 6.03. The Morgan fingerprint density at radius 2 is 1.48 bits per heavy atom. The van der Waals surface area contributed by atoms with Crippen molar-refractivity contribution in [2.45, 2.75) is 44.9 Å². The average molecular weight is 527 g/mol. The third kappa shape index (κ3) is 5.61. The van der Waals surface area contributed by atoms with Crippen molar-refractivity contribution in [3.8, 4) is 11.1 Å². The molecule has 0 atom stereocenters. The first kappa shape index (κ1) is 24.9.